The lowest BCUT2D eigenvalue weighted by molar-refractivity contribution is -0.392. The van der Waals surface area contributed by atoms with Gasteiger partial charge in [-0.15, -0.1) is 0 Å². The van der Waals surface area contributed by atoms with E-state index in [-0.39, 0.29) is 28.0 Å². The van der Waals surface area contributed by atoms with Crippen molar-refractivity contribution in [3.05, 3.63) is 22.1 Å². The maximum absolute atomic E-state index is 12.4. The number of hydrogen-bond acceptors (Lipinski definition) is 4. The first-order chi connectivity index (χ1) is 11.8. The summed E-state index contributed by atoms with van der Waals surface area (Å²) in [4.78, 5) is 26.9. The average molecular weight is 411 g/mol. The molecule has 1 heterocycles. The number of nitrogens with zero attached hydrogens (tertiary/aromatic N) is 3. The molecule has 136 valence electrons. The minimum atomic E-state index is -0.499. The van der Waals surface area contributed by atoms with Gasteiger partial charge in [-0.1, -0.05) is 15.9 Å². The Morgan fingerprint density at radius 2 is 2.12 bits per heavy atom. The third kappa shape index (κ3) is 3.09. The van der Waals surface area contributed by atoms with E-state index in [9.17, 15) is 14.9 Å². The lowest BCUT2D eigenvalue weighted by Crippen LogP contribution is -2.56. The molecule has 1 amide bonds. The van der Waals surface area contributed by atoms with Crippen LogP contribution in [-0.4, -0.2) is 31.3 Å². The van der Waals surface area contributed by atoms with Crippen LogP contribution < -0.4 is 5.32 Å². The molecule has 4 saturated carbocycles. The normalized spacial score (nSPS) is 35.8. The van der Waals surface area contributed by atoms with E-state index in [2.05, 4.69) is 26.2 Å². The van der Waals surface area contributed by atoms with Crippen molar-refractivity contribution in [3.63, 3.8) is 0 Å². The van der Waals surface area contributed by atoms with Crippen LogP contribution in [0.3, 0.4) is 0 Å². The fourth-order valence-corrected chi connectivity index (χ4v) is 7.34. The second-order valence-corrected chi connectivity index (χ2v) is 10.1. The van der Waals surface area contributed by atoms with Crippen molar-refractivity contribution >= 4 is 27.7 Å². The standard InChI is InChI=1S/C17H23BrN4O3/c1-11-19-7-15(22(24)25)21(11)8-14(23)20-10-16-3-12-2-13(4-16)6-17(18,5-12)9-16/h7,12-13H,2-6,8-10H2,1H3,(H,20,23). The second-order valence-electron chi connectivity index (χ2n) is 8.40. The second kappa shape index (κ2) is 5.79. The molecule has 7 nitrogen and oxygen atoms in total. The Bertz CT molecular complexity index is 717. The van der Waals surface area contributed by atoms with Gasteiger partial charge in [0, 0.05) is 17.8 Å². The van der Waals surface area contributed by atoms with E-state index in [1.54, 1.807) is 6.92 Å². The SMILES string of the molecule is Cc1ncc([N+](=O)[O-])n1CC(=O)NCC12CC3CC(CC(Br)(C3)C1)C2. The van der Waals surface area contributed by atoms with E-state index < -0.39 is 4.92 Å². The number of halogens is 1. The summed E-state index contributed by atoms with van der Waals surface area (Å²) in [7, 11) is 0. The summed E-state index contributed by atoms with van der Waals surface area (Å²) in [6.07, 6.45) is 8.58. The van der Waals surface area contributed by atoms with E-state index in [1.807, 2.05) is 0 Å². The lowest BCUT2D eigenvalue weighted by Gasteiger charge is -2.60. The molecule has 1 aromatic heterocycles. The molecule has 4 aliphatic rings. The van der Waals surface area contributed by atoms with Gasteiger partial charge < -0.3 is 15.4 Å². The van der Waals surface area contributed by atoms with Gasteiger partial charge in [-0.2, -0.15) is 0 Å². The van der Waals surface area contributed by atoms with Crippen LogP contribution in [0.15, 0.2) is 6.20 Å². The highest BCUT2D eigenvalue weighted by atomic mass is 79.9. The first-order valence-electron chi connectivity index (χ1n) is 8.90. The number of alkyl halides is 1. The Balaban J connectivity index is 1.41. The summed E-state index contributed by atoms with van der Waals surface area (Å²) in [5.74, 6) is 1.71. The van der Waals surface area contributed by atoms with Crippen molar-refractivity contribution in [2.75, 3.05) is 6.54 Å². The molecular formula is C17H23BrN4O3. The molecule has 1 N–H and O–H groups in total. The van der Waals surface area contributed by atoms with E-state index >= 15 is 0 Å². The van der Waals surface area contributed by atoms with Crippen molar-refractivity contribution in [1.29, 1.82) is 0 Å². The van der Waals surface area contributed by atoms with Crippen LogP contribution in [0.1, 0.15) is 44.3 Å². The highest BCUT2D eigenvalue weighted by molar-refractivity contribution is 9.10. The van der Waals surface area contributed by atoms with Gasteiger partial charge in [0.05, 0.1) is 0 Å². The fraction of sp³-hybridized carbons (Fsp3) is 0.765. The number of amides is 1. The number of nitro groups is 1. The van der Waals surface area contributed by atoms with Crippen LogP contribution in [0, 0.1) is 34.3 Å². The first kappa shape index (κ1) is 17.0. The number of rotatable bonds is 5. The summed E-state index contributed by atoms with van der Waals surface area (Å²) in [6, 6.07) is 0. The van der Waals surface area contributed by atoms with Gasteiger partial charge in [-0.3, -0.25) is 4.79 Å². The summed E-state index contributed by atoms with van der Waals surface area (Å²) >= 11 is 3.98. The zero-order valence-electron chi connectivity index (χ0n) is 14.3. The first-order valence-corrected chi connectivity index (χ1v) is 9.69. The molecule has 4 bridgehead atoms. The predicted octanol–water partition coefficient (Wildman–Crippen LogP) is 2.95. The molecule has 4 fully saturated rings. The molecule has 2 unspecified atom stereocenters. The van der Waals surface area contributed by atoms with Gasteiger partial charge in [0.1, 0.15) is 6.20 Å². The fourth-order valence-electron chi connectivity index (χ4n) is 5.83. The average Bonchev–Trinajstić information content (AvgIpc) is 2.84. The van der Waals surface area contributed by atoms with Crippen LogP contribution >= 0.6 is 15.9 Å². The lowest BCUT2D eigenvalue weighted by atomic mass is 9.49. The Morgan fingerprint density at radius 1 is 1.44 bits per heavy atom. The molecule has 5 rings (SSSR count). The smallest absolute Gasteiger partial charge is 0.343 e. The van der Waals surface area contributed by atoms with Gasteiger partial charge >= 0.3 is 5.82 Å². The molecule has 8 heteroatoms. The van der Waals surface area contributed by atoms with Gasteiger partial charge in [-0.25, -0.2) is 9.55 Å². The quantitative estimate of drug-likeness (QED) is 0.458. The number of aromatic nitrogens is 2. The van der Waals surface area contributed by atoms with Gasteiger partial charge in [-0.05, 0) is 60.7 Å². The maximum atomic E-state index is 12.4. The van der Waals surface area contributed by atoms with Crippen molar-refractivity contribution in [3.8, 4) is 0 Å². The number of hydrogen-bond donors (Lipinski definition) is 1. The molecule has 1 aromatic rings. The number of aryl methyl sites for hydroxylation is 1. The van der Waals surface area contributed by atoms with Gasteiger partial charge in [0.2, 0.25) is 0 Å². The van der Waals surface area contributed by atoms with Crippen molar-refractivity contribution < 1.29 is 9.72 Å². The summed E-state index contributed by atoms with van der Waals surface area (Å²) in [5, 5.41) is 14.1. The third-order valence-electron chi connectivity index (χ3n) is 6.29. The van der Waals surface area contributed by atoms with E-state index in [0.29, 0.717) is 12.4 Å². The Hall–Kier alpha value is -1.44. The molecule has 0 aromatic carbocycles. The Morgan fingerprint density at radius 3 is 2.72 bits per heavy atom. The third-order valence-corrected chi connectivity index (χ3v) is 7.22. The van der Waals surface area contributed by atoms with Crippen LogP contribution in [0.25, 0.3) is 0 Å². The van der Waals surface area contributed by atoms with Crippen LogP contribution in [-0.2, 0) is 11.3 Å². The largest absolute Gasteiger partial charge is 0.358 e. The van der Waals surface area contributed by atoms with Crippen molar-refractivity contribution in [2.45, 2.75) is 56.3 Å². The zero-order chi connectivity index (χ0) is 17.8. The van der Waals surface area contributed by atoms with Crippen molar-refractivity contribution in [1.82, 2.24) is 14.9 Å². The molecule has 0 spiro atoms. The molecule has 2 atom stereocenters. The molecule has 0 saturated heterocycles. The molecule has 0 aliphatic heterocycles. The number of imidazole rings is 1. The molecule has 25 heavy (non-hydrogen) atoms. The number of carbonyl (C=O) groups is 1. The topological polar surface area (TPSA) is 90.1 Å². The summed E-state index contributed by atoms with van der Waals surface area (Å²) < 4.78 is 1.63. The molecular weight excluding hydrogens is 388 g/mol. The van der Waals surface area contributed by atoms with Crippen LogP contribution in [0.5, 0.6) is 0 Å². The number of nitrogens with one attached hydrogen (secondary N) is 1. The maximum Gasteiger partial charge on any atom is 0.343 e. The molecule has 4 aliphatic carbocycles. The summed E-state index contributed by atoms with van der Waals surface area (Å²) in [5.41, 5.74) is 0.194. The minimum Gasteiger partial charge on any atom is -0.358 e. The van der Waals surface area contributed by atoms with Crippen molar-refractivity contribution in [2.24, 2.45) is 17.3 Å². The van der Waals surface area contributed by atoms with Gasteiger partial charge in [0.15, 0.2) is 12.4 Å². The monoisotopic (exact) mass is 410 g/mol. The molecule has 0 radical (unpaired) electrons. The highest BCUT2D eigenvalue weighted by Gasteiger charge is 2.56. The van der Waals surface area contributed by atoms with Crippen LogP contribution in [0.2, 0.25) is 0 Å². The van der Waals surface area contributed by atoms with Crippen LogP contribution in [0.4, 0.5) is 5.82 Å². The summed E-state index contributed by atoms with van der Waals surface area (Å²) in [6.45, 7) is 2.30. The minimum absolute atomic E-state index is 0.0511. The van der Waals surface area contributed by atoms with E-state index in [0.717, 1.165) is 18.3 Å². The van der Waals surface area contributed by atoms with E-state index in [1.165, 1.54) is 42.9 Å². The number of carbonyl (C=O) groups excluding carboxylic acids is 1. The van der Waals surface area contributed by atoms with E-state index in [4.69, 9.17) is 0 Å². The van der Waals surface area contributed by atoms with Gasteiger partial charge in [0.25, 0.3) is 5.91 Å². The zero-order valence-corrected chi connectivity index (χ0v) is 15.9. The Kier molecular flexibility index (Phi) is 3.94. The Labute approximate surface area is 154 Å². The highest BCUT2D eigenvalue weighted by Crippen LogP contribution is 2.64. The predicted molar refractivity (Wildman–Crippen MR) is 95.4 cm³/mol.